The molecule has 0 spiro atoms. The molecule has 3 nitrogen and oxygen atoms in total. The van der Waals surface area contributed by atoms with Gasteiger partial charge in [-0.15, -0.1) is 0 Å². The summed E-state index contributed by atoms with van der Waals surface area (Å²) < 4.78 is 10.5. The van der Waals surface area contributed by atoms with E-state index in [9.17, 15) is 0 Å². The molecule has 82 valence electrons. The van der Waals surface area contributed by atoms with E-state index in [1.165, 1.54) is 0 Å². The van der Waals surface area contributed by atoms with E-state index in [4.69, 9.17) is 21.1 Å². The summed E-state index contributed by atoms with van der Waals surface area (Å²) in [4.78, 5) is 2.27. The summed E-state index contributed by atoms with van der Waals surface area (Å²) in [7, 11) is 1.63. The molecule has 0 radical (unpaired) electrons. The summed E-state index contributed by atoms with van der Waals surface area (Å²) in [5.74, 6) is 0.723. The fourth-order valence-electron chi connectivity index (χ4n) is 1.67. The molecule has 0 amide bonds. The molecular weight excluding hydrogens is 214 g/mol. The fourth-order valence-corrected chi connectivity index (χ4v) is 1.86. The second-order valence-corrected chi connectivity index (χ2v) is 3.83. The van der Waals surface area contributed by atoms with Crippen LogP contribution in [0.15, 0.2) is 18.2 Å². The van der Waals surface area contributed by atoms with Gasteiger partial charge in [0.25, 0.3) is 0 Å². The Morgan fingerprint density at radius 2 is 2.07 bits per heavy atom. The van der Waals surface area contributed by atoms with Crippen LogP contribution in [0.5, 0.6) is 5.75 Å². The first-order chi connectivity index (χ1) is 7.31. The number of ether oxygens (including phenoxy) is 2. The molecule has 1 aliphatic rings. The first kappa shape index (κ1) is 10.6. The van der Waals surface area contributed by atoms with Crippen molar-refractivity contribution in [2.75, 3.05) is 38.3 Å². The van der Waals surface area contributed by atoms with Crippen LogP contribution in [0.1, 0.15) is 0 Å². The zero-order valence-electron chi connectivity index (χ0n) is 8.70. The molecule has 0 unspecified atom stereocenters. The standard InChI is InChI=1S/C11H14ClNO2/c1-14-11-8-9(2-3-10(11)12)13-4-6-15-7-5-13/h2-3,8H,4-7H2,1H3. The number of halogens is 1. The summed E-state index contributed by atoms with van der Waals surface area (Å²) >= 11 is 5.97. The number of rotatable bonds is 2. The van der Waals surface area contributed by atoms with E-state index in [0.29, 0.717) is 5.02 Å². The summed E-state index contributed by atoms with van der Waals surface area (Å²) in [6.45, 7) is 3.41. The summed E-state index contributed by atoms with van der Waals surface area (Å²) in [6.07, 6.45) is 0. The number of anilines is 1. The van der Waals surface area contributed by atoms with Gasteiger partial charge in [0.05, 0.1) is 25.3 Å². The smallest absolute Gasteiger partial charge is 0.139 e. The topological polar surface area (TPSA) is 21.7 Å². The molecule has 4 heteroatoms. The van der Waals surface area contributed by atoms with Crippen LogP contribution in [0.2, 0.25) is 5.02 Å². The molecule has 2 rings (SSSR count). The molecule has 1 heterocycles. The van der Waals surface area contributed by atoms with Crippen molar-refractivity contribution < 1.29 is 9.47 Å². The molecule has 0 aromatic heterocycles. The van der Waals surface area contributed by atoms with Crippen LogP contribution in [-0.4, -0.2) is 33.4 Å². The van der Waals surface area contributed by atoms with Gasteiger partial charge in [-0.25, -0.2) is 0 Å². The molecule has 0 atom stereocenters. The highest BCUT2D eigenvalue weighted by atomic mass is 35.5. The number of hydrogen-bond acceptors (Lipinski definition) is 3. The largest absolute Gasteiger partial charge is 0.495 e. The molecule has 0 N–H and O–H groups in total. The predicted octanol–water partition coefficient (Wildman–Crippen LogP) is 2.19. The van der Waals surface area contributed by atoms with Crippen molar-refractivity contribution >= 4 is 17.3 Å². The van der Waals surface area contributed by atoms with E-state index in [-0.39, 0.29) is 0 Å². The van der Waals surface area contributed by atoms with Crippen molar-refractivity contribution in [2.45, 2.75) is 0 Å². The third kappa shape index (κ3) is 2.36. The van der Waals surface area contributed by atoms with Crippen molar-refractivity contribution in [3.63, 3.8) is 0 Å². The van der Waals surface area contributed by atoms with Crippen LogP contribution in [0.4, 0.5) is 5.69 Å². The van der Waals surface area contributed by atoms with E-state index < -0.39 is 0 Å². The van der Waals surface area contributed by atoms with E-state index >= 15 is 0 Å². The Labute approximate surface area is 94.5 Å². The van der Waals surface area contributed by atoms with Gasteiger partial charge in [-0.3, -0.25) is 0 Å². The van der Waals surface area contributed by atoms with Gasteiger partial charge in [-0.05, 0) is 12.1 Å². The number of methoxy groups -OCH3 is 1. The molecule has 15 heavy (non-hydrogen) atoms. The normalized spacial score (nSPS) is 16.5. The Kier molecular flexibility index (Phi) is 3.34. The second kappa shape index (κ2) is 4.73. The molecule has 0 saturated carbocycles. The van der Waals surface area contributed by atoms with E-state index in [0.717, 1.165) is 37.7 Å². The third-order valence-corrected chi connectivity index (χ3v) is 2.82. The Morgan fingerprint density at radius 3 is 2.73 bits per heavy atom. The van der Waals surface area contributed by atoms with Crippen LogP contribution >= 0.6 is 11.6 Å². The molecule has 1 fully saturated rings. The monoisotopic (exact) mass is 227 g/mol. The maximum atomic E-state index is 5.97. The highest BCUT2D eigenvalue weighted by Gasteiger charge is 2.12. The molecule has 1 aromatic carbocycles. The van der Waals surface area contributed by atoms with Gasteiger partial charge in [0.2, 0.25) is 0 Å². The molecule has 0 aliphatic carbocycles. The average molecular weight is 228 g/mol. The van der Waals surface area contributed by atoms with Crippen LogP contribution in [0.25, 0.3) is 0 Å². The Morgan fingerprint density at radius 1 is 1.33 bits per heavy atom. The minimum absolute atomic E-state index is 0.648. The van der Waals surface area contributed by atoms with E-state index in [1.54, 1.807) is 7.11 Å². The second-order valence-electron chi connectivity index (χ2n) is 3.42. The van der Waals surface area contributed by atoms with Crippen molar-refractivity contribution in [3.8, 4) is 5.75 Å². The summed E-state index contributed by atoms with van der Waals surface area (Å²) in [5, 5.41) is 0.648. The van der Waals surface area contributed by atoms with Crippen LogP contribution < -0.4 is 9.64 Å². The van der Waals surface area contributed by atoms with Crippen LogP contribution in [-0.2, 0) is 4.74 Å². The third-order valence-electron chi connectivity index (χ3n) is 2.51. The molecule has 0 bridgehead atoms. The lowest BCUT2D eigenvalue weighted by Gasteiger charge is -2.29. The fraction of sp³-hybridized carbons (Fsp3) is 0.455. The minimum Gasteiger partial charge on any atom is -0.495 e. The molecule has 1 aliphatic heterocycles. The van der Waals surface area contributed by atoms with Gasteiger partial charge in [0.1, 0.15) is 5.75 Å². The quantitative estimate of drug-likeness (QED) is 0.773. The first-order valence-electron chi connectivity index (χ1n) is 4.97. The van der Waals surface area contributed by atoms with E-state index in [2.05, 4.69) is 4.90 Å². The van der Waals surface area contributed by atoms with Gasteiger partial charge in [-0.2, -0.15) is 0 Å². The van der Waals surface area contributed by atoms with Gasteiger partial charge in [0.15, 0.2) is 0 Å². The maximum absolute atomic E-state index is 5.97. The Balaban J connectivity index is 2.20. The summed E-state index contributed by atoms with van der Waals surface area (Å²) in [6, 6.07) is 5.84. The first-order valence-corrected chi connectivity index (χ1v) is 5.35. The minimum atomic E-state index is 0.648. The number of benzene rings is 1. The van der Waals surface area contributed by atoms with Crippen molar-refractivity contribution in [3.05, 3.63) is 23.2 Å². The van der Waals surface area contributed by atoms with Crippen molar-refractivity contribution in [1.82, 2.24) is 0 Å². The molecule has 1 aromatic rings. The number of morpholine rings is 1. The van der Waals surface area contributed by atoms with Gasteiger partial charge >= 0.3 is 0 Å². The number of hydrogen-bond donors (Lipinski definition) is 0. The lowest BCUT2D eigenvalue weighted by molar-refractivity contribution is 0.122. The van der Waals surface area contributed by atoms with Crippen molar-refractivity contribution in [1.29, 1.82) is 0 Å². The van der Waals surface area contributed by atoms with Crippen molar-refractivity contribution in [2.24, 2.45) is 0 Å². The Hall–Kier alpha value is -0.930. The SMILES string of the molecule is COc1cc(N2CCOCC2)ccc1Cl. The van der Waals surface area contributed by atoms with E-state index in [1.807, 2.05) is 18.2 Å². The average Bonchev–Trinajstić information content (AvgIpc) is 2.31. The highest BCUT2D eigenvalue weighted by molar-refractivity contribution is 6.32. The lowest BCUT2D eigenvalue weighted by atomic mass is 10.2. The molecular formula is C11H14ClNO2. The zero-order valence-corrected chi connectivity index (χ0v) is 9.46. The van der Waals surface area contributed by atoms with Gasteiger partial charge < -0.3 is 14.4 Å². The van der Waals surface area contributed by atoms with Gasteiger partial charge in [-0.1, -0.05) is 11.6 Å². The van der Waals surface area contributed by atoms with Gasteiger partial charge in [0, 0.05) is 24.8 Å². The summed E-state index contributed by atoms with van der Waals surface area (Å²) in [5.41, 5.74) is 1.14. The lowest BCUT2D eigenvalue weighted by Crippen LogP contribution is -2.36. The highest BCUT2D eigenvalue weighted by Crippen LogP contribution is 2.29. The van der Waals surface area contributed by atoms with Crippen LogP contribution in [0, 0.1) is 0 Å². The number of nitrogens with zero attached hydrogens (tertiary/aromatic N) is 1. The Bertz CT molecular complexity index is 337. The predicted molar refractivity (Wildman–Crippen MR) is 61.0 cm³/mol. The van der Waals surface area contributed by atoms with Crippen LogP contribution in [0.3, 0.4) is 0 Å². The maximum Gasteiger partial charge on any atom is 0.139 e. The molecule has 1 saturated heterocycles. The zero-order chi connectivity index (χ0) is 10.7.